The fourth-order valence-electron chi connectivity index (χ4n) is 3.60. The van der Waals surface area contributed by atoms with Crippen LogP contribution in [-0.4, -0.2) is 40.1 Å². The second kappa shape index (κ2) is 5.85. The molecule has 0 heterocycles. The standard InChI is InChI=1S/C16H28N2O3/c1-15(2,12-7-8-12)17-14(21)18(3)16(11-13(19)20)9-5-4-6-10-16/h12H,4-11H2,1-3H3,(H,17,21)(H,19,20). The molecule has 0 bridgehead atoms. The third-order valence-corrected chi connectivity index (χ3v) is 5.31. The molecule has 2 aliphatic rings. The Kier molecular flexibility index (Phi) is 4.49. The summed E-state index contributed by atoms with van der Waals surface area (Å²) in [5.41, 5.74) is -0.724. The number of nitrogens with zero attached hydrogens (tertiary/aromatic N) is 1. The van der Waals surface area contributed by atoms with Crippen LogP contribution < -0.4 is 5.32 Å². The molecule has 0 spiro atoms. The van der Waals surface area contributed by atoms with Crippen molar-refractivity contribution >= 4 is 12.0 Å². The molecule has 5 heteroatoms. The second-order valence-corrected chi connectivity index (χ2v) is 7.34. The number of hydrogen-bond acceptors (Lipinski definition) is 2. The smallest absolute Gasteiger partial charge is 0.318 e. The summed E-state index contributed by atoms with van der Waals surface area (Å²) in [6.07, 6.45) is 7.06. The van der Waals surface area contributed by atoms with E-state index in [-0.39, 0.29) is 18.0 Å². The summed E-state index contributed by atoms with van der Waals surface area (Å²) in [7, 11) is 1.76. The lowest BCUT2D eigenvalue weighted by Crippen LogP contribution is -2.58. The number of nitrogens with one attached hydrogen (secondary N) is 1. The fourth-order valence-corrected chi connectivity index (χ4v) is 3.60. The summed E-state index contributed by atoms with van der Waals surface area (Å²) >= 11 is 0. The first kappa shape index (κ1) is 16.1. The quantitative estimate of drug-likeness (QED) is 0.819. The zero-order valence-electron chi connectivity index (χ0n) is 13.4. The molecule has 120 valence electrons. The van der Waals surface area contributed by atoms with Crippen LogP contribution in [0.5, 0.6) is 0 Å². The van der Waals surface area contributed by atoms with Crippen molar-refractivity contribution in [2.45, 2.75) is 76.3 Å². The van der Waals surface area contributed by atoms with Crippen LogP contribution in [0.3, 0.4) is 0 Å². The lowest BCUT2D eigenvalue weighted by atomic mass is 9.78. The molecule has 0 atom stereocenters. The normalized spacial score (nSPS) is 21.7. The molecule has 2 aliphatic carbocycles. The monoisotopic (exact) mass is 296 g/mol. The Morgan fingerprint density at radius 3 is 2.29 bits per heavy atom. The molecular formula is C16H28N2O3. The number of rotatable bonds is 5. The van der Waals surface area contributed by atoms with Gasteiger partial charge >= 0.3 is 12.0 Å². The molecule has 0 aromatic rings. The van der Waals surface area contributed by atoms with Gasteiger partial charge in [0.2, 0.25) is 0 Å². The first-order chi connectivity index (χ1) is 9.77. The average Bonchev–Trinajstić information content (AvgIpc) is 3.22. The van der Waals surface area contributed by atoms with Gasteiger partial charge in [-0.2, -0.15) is 0 Å². The Morgan fingerprint density at radius 2 is 1.81 bits per heavy atom. The summed E-state index contributed by atoms with van der Waals surface area (Å²) < 4.78 is 0. The van der Waals surface area contributed by atoms with Gasteiger partial charge in [-0.05, 0) is 45.4 Å². The molecule has 2 saturated carbocycles. The van der Waals surface area contributed by atoms with E-state index < -0.39 is 11.5 Å². The SMILES string of the molecule is CN(C(=O)NC(C)(C)C1CC1)C1(CC(=O)O)CCCCC1. The van der Waals surface area contributed by atoms with Crippen LogP contribution in [0, 0.1) is 5.92 Å². The van der Waals surface area contributed by atoms with E-state index in [9.17, 15) is 14.7 Å². The molecule has 0 aromatic heterocycles. The second-order valence-electron chi connectivity index (χ2n) is 7.34. The van der Waals surface area contributed by atoms with E-state index in [1.807, 2.05) is 0 Å². The van der Waals surface area contributed by atoms with Crippen molar-refractivity contribution in [3.05, 3.63) is 0 Å². The molecule has 2 N–H and O–H groups in total. The van der Waals surface area contributed by atoms with E-state index >= 15 is 0 Å². The van der Waals surface area contributed by atoms with Crippen molar-refractivity contribution in [1.82, 2.24) is 10.2 Å². The first-order valence-electron chi connectivity index (χ1n) is 8.05. The molecule has 5 nitrogen and oxygen atoms in total. The largest absolute Gasteiger partial charge is 0.481 e. The van der Waals surface area contributed by atoms with Crippen molar-refractivity contribution in [3.63, 3.8) is 0 Å². The molecule has 21 heavy (non-hydrogen) atoms. The minimum atomic E-state index is -0.821. The van der Waals surface area contributed by atoms with Crippen LogP contribution in [0.15, 0.2) is 0 Å². The van der Waals surface area contributed by atoms with Gasteiger partial charge in [0.1, 0.15) is 0 Å². The van der Waals surface area contributed by atoms with E-state index in [0.29, 0.717) is 5.92 Å². The molecule has 0 unspecified atom stereocenters. The maximum absolute atomic E-state index is 12.6. The average molecular weight is 296 g/mol. The Labute approximate surface area is 127 Å². The molecule has 2 rings (SSSR count). The lowest BCUT2D eigenvalue weighted by molar-refractivity contribution is -0.140. The number of carboxylic acids is 1. The number of carbonyl (C=O) groups is 2. The zero-order chi connectivity index (χ0) is 15.7. The van der Waals surface area contributed by atoms with Crippen LogP contribution in [-0.2, 0) is 4.79 Å². The molecule has 0 aliphatic heterocycles. The highest BCUT2D eigenvalue weighted by Crippen LogP contribution is 2.40. The summed E-state index contributed by atoms with van der Waals surface area (Å²) in [5, 5.41) is 12.3. The molecule has 2 fully saturated rings. The first-order valence-corrected chi connectivity index (χ1v) is 8.05. The molecule has 0 saturated heterocycles. The highest BCUT2D eigenvalue weighted by atomic mass is 16.4. The third kappa shape index (κ3) is 3.69. The van der Waals surface area contributed by atoms with Gasteiger partial charge in [-0.3, -0.25) is 4.79 Å². The summed E-state index contributed by atoms with van der Waals surface area (Å²) in [6.45, 7) is 4.11. The van der Waals surface area contributed by atoms with Gasteiger partial charge in [0.15, 0.2) is 0 Å². The minimum Gasteiger partial charge on any atom is -0.481 e. The Bertz CT molecular complexity index is 410. The number of carboxylic acid groups (broad SMARTS) is 1. The number of amides is 2. The van der Waals surface area contributed by atoms with Crippen LogP contribution in [0.2, 0.25) is 0 Å². The third-order valence-electron chi connectivity index (χ3n) is 5.31. The van der Waals surface area contributed by atoms with Gasteiger partial charge < -0.3 is 15.3 Å². The highest BCUT2D eigenvalue weighted by molar-refractivity contribution is 5.77. The van der Waals surface area contributed by atoms with Crippen molar-refractivity contribution in [2.75, 3.05) is 7.05 Å². The van der Waals surface area contributed by atoms with E-state index in [2.05, 4.69) is 19.2 Å². The van der Waals surface area contributed by atoms with Crippen LogP contribution >= 0.6 is 0 Å². The van der Waals surface area contributed by atoms with E-state index in [1.165, 1.54) is 0 Å². The van der Waals surface area contributed by atoms with Crippen LogP contribution in [0.1, 0.15) is 65.2 Å². The van der Waals surface area contributed by atoms with Gasteiger partial charge in [-0.15, -0.1) is 0 Å². The molecule has 0 aromatic carbocycles. The minimum absolute atomic E-state index is 0.0424. The van der Waals surface area contributed by atoms with Gasteiger partial charge in [-0.25, -0.2) is 4.79 Å². The van der Waals surface area contributed by atoms with E-state index in [0.717, 1.165) is 44.9 Å². The molecule has 2 amide bonds. The van der Waals surface area contributed by atoms with Gasteiger partial charge in [0.25, 0.3) is 0 Å². The number of urea groups is 1. The summed E-state index contributed by atoms with van der Waals surface area (Å²) in [4.78, 5) is 25.5. The van der Waals surface area contributed by atoms with Crippen LogP contribution in [0.4, 0.5) is 4.79 Å². The summed E-state index contributed by atoms with van der Waals surface area (Å²) in [5.74, 6) is -0.269. The Hall–Kier alpha value is -1.26. The molecular weight excluding hydrogens is 268 g/mol. The highest BCUT2D eigenvalue weighted by Gasteiger charge is 2.44. The maximum atomic E-state index is 12.6. The van der Waals surface area contributed by atoms with Crippen molar-refractivity contribution in [1.29, 1.82) is 0 Å². The van der Waals surface area contributed by atoms with E-state index in [1.54, 1.807) is 11.9 Å². The van der Waals surface area contributed by atoms with Crippen molar-refractivity contribution in [3.8, 4) is 0 Å². The van der Waals surface area contributed by atoms with Gasteiger partial charge in [0.05, 0.1) is 12.0 Å². The predicted octanol–water partition coefficient (Wildman–Crippen LogP) is 2.99. The van der Waals surface area contributed by atoms with Gasteiger partial charge in [-0.1, -0.05) is 19.3 Å². The topological polar surface area (TPSA) is 69.6 Å². The van der Waals surface area contributed by atoms with Crippen molar-refractivity contribution < 1.29 is 14.7 Å². The van der Waals surface area contributed by atoms with E-state index in [4.69, 9.17) is 0 Å². The predicted molar refractivity (Wildman–Crippen MR) is 81.2 cm³/mol. The lowest BCUT2D eigenvalue weighted by Gasteiger charge is -2.45. The van der Waals surface area contributed by atoms with Gasteiger partial charge in [0, 0.05) is 12.6 Å². The number of carbonyl (C=O) groups excluding carboxylic acids is 1. The Morgan fingerprint density at radius 1 is 1.24 bits per heavy atom. The molecule has 0 radical (unpaired) electrons. The zero-order valence-corrected chi connectivity index (χ0v) is 13.4. The maximum Gasteiger partial charge on any atom is 0.318 e. The fraction of sp³-hybridized carbons (Fsp3) is 0.875. The van der Waals surface area contributed by atoms with Crippen molar-refractivity contribution in [2.24, 2.45) is 5.92 Å². The van der Waals surface area contributed by atoms with Crippen LogP contribution in [0.25, 0.3) is 0 Å². The number of hydrogen-bond donors (Lipinski definition) is 2. The summed E-state index contributed by atoms with van der Waals surface area (Å²) in [6, 6.07) is -0.130. The number of aliphatic carboxylic acids is 1. The Balaban J connectivity index is 2.07.